The molecule has 0 radical (unpaired) electrons. The quantitative estimate of drug-likeness (QED) is 0.741. The third-order valence-electron chi connectivity index (χ3n) is 5.22. The zero-order chi connectivity index (χ0) is 19.8. The third-order valence-corrected chi connectivity index (χ3v) is 5.22. The highest BCUT2D eigenvalue weighted by atomic mass is 19.1. The van der Waals surface area contributed by atoms with Crippen LogP contribution in [0.4, 0.5) is 4.39 Å². The molecule has 1 aromatic rings. The lowest BCUT2D eigenvalue weighted by Gasteiger charge is -2.37. The average molecular weight is 378 g/mol. The van der Waals surface area contributed by atoms with E-state index < -0.39 is 0 Å². The van der Waals surface area contributed by atoms with E-state index in [9.17, 15) is 14.0 Å². The molecule has 1 heterocycles. The summed E-state index contributed by atoms with van der Waals surface area (Å²) in [5.41, 5.74) is 0.484. The molecule has 1 saturated heterocycles. The number of carbonyl (C=O) groups excluding carboxylic acids is 2. The minimum Gasteiger partial charge on any atom is -0.351 e. The molecule has 1 aliphatic rings. The summed E-state index contributed by atoms with van der Waals surface area (Å²) in [5, 5.41) is 2.82. The molecule has 2 rings (SSSR count). The van der Waals surface area contributed by atoms with Gasteiger partial charge in [-0.2, -0.15) is 0 Å². The van der Waals surface area contributed by atoms with Crippen molar-refractivity contribution in [3.8, 4) is 0 Å². The number of likely N-dealkylation sites (N-methyl/N-ethyl adjacent to an activating group) is 1. The predicted molar refractivity (Wildman–Crippen MR) is 104 cm³/mol. The number of hydrogen-bond donors (Lipinski definition) is 1. The number of benzene rings is 1. The molecular formula is C20H31FN4O2. The first kappa shape index (κ1) is 21.3. The molecule has 1 aliphatic heterocycles. The van der Waals surface area contributed by atoms with Crippen LogP contribution < -0.4 is 5.32 Å². The van der Waals surface area contributed by atoms with Crippen LogP contribution in [0.15, 0.2) is 24.3 Å². The van der Waals surface area contributed by atoms with E-state index >= 15 is 0 Å². The lowest BCUT2D eigenvalue weighted by Crippen LogP contribution is -2.55. The number of piperazine rings is 1. The Kier molecular flexibility index (Phi) is 8.19. The molecule has 1 unspecified atom stereocenters. The Bertz CT molecular complexity index is 628. The van der Waals surface area contributed by atoms with Gasteiger partial charge in [0.25, 0.3) is 0 Å². The number of rotatable bonds is 8. The van der Waals surface area contributed by atoms with Crippen LogP contribution in [0.3, 0.4) is 0 Å². The maximum absolute atomic E-state index is 13.7. The Morgan fingerprint density at radius 3 is 2.37 bits per heavy atom. The molecular weight excluding hydrogens is 347 g/mol. The van der Waals surface area contributed by atoms with Gasteiger partial charge in [-0.1, -0.05) is 18.2 Å². The first-order valence-electron chi connectivity index (χ1n) is 9.71. The summed E-state index contributed by atoms with van der Waals surface area (Å²) in [7, 11) is 0. The van der Waals surface area contributed by atoms with Crippen LogP contribution in [0, 0.1) is 5.82 Å². The highest BCUT2D eigenvalue weighted by molar-refractivity contribution is 5.81. The average Bonchev–Trinajstić information content (AvgIpc) is 2.68. The topological polar surface area (TPSA) is 55.9 Å². The highest BCUT2D eigenvalue weighted by Crippen LogP contribution is 2.09. The van der Waals surface area contributed by atoms with E-state index in [0.717, 1.165) is 39.3 Å². The number of nitrogens with zero attached hydrogens (tertiary/aromatic N) is 3. The second-order valence-corrected chi connectivity index (χ2v) is 6.86. The molecule has 1 aromatic carbocycles. The first-order chi connectivity index (χ1) is 13.0. The van der Waals surface area contributed by atoms with Crippen molar-refractivity contribution < 1.29 is 14.0 Å². The van der Waals surface area contributed by atoms with Gasteiger partial charge in [0, 0.05) is 51.4 Å². The van der Waals surface area contributed by atoms with Gasteiger partial charge in [0.1, 0.15) is 5.82 Å². The molecule has 150 valence electrons. The van der Waals surface area contributed by atoms with E-state index in [-0.39, 0.29) is 30.2 Å². The Balaban J connectivity index is 1.77. The number of halogens is 1. The van der Waals surface area contributed by atoms with Gasteiger partial charge in [-0.15, -0.1) is 0 Å². The van der Waals surface area contributed by atoms with Crippen LogP contribution in [-0.4, -0.2) is 78.4 Å². The van der Waals surface area contributed by atoms with Crippen LogP contribution in [-0.2, 0) is 16.1 Å². The largest absolute Gasteiger partial charge is 0.351 e. The second-order valence-electron chi connectivity index (χ2n) is 6.86. The Morgan fingerprint density at radius 1 is 1.15 bits per heavy atom. The van der Waals surface area contributed by atoms with Gasteiger partial charge < -0.3 is 10.2 Å². The van der Waals surface area contributed by atoms with Crippen LogP contribution in [0.1, 0.15) is 26.3 Å². The van der Waals surface area contributed by atoms with Crippen molar-refractivity contribution in [1.29, 1.82) is 0 Å². The van der Waals surface area contributed by atoms with Crippen molar-refractivity contribution in [2.45, 2.75) is 33.4 Å². The highest BCUT2D eigenvalue weighted by Gasteiger charge is 2.26. The molecule has 7 heteroatoms. The first-order valence-corrected chi connectivity index (χ1v) is 9.71. The van der Waals surface area contributed by atoms with E-state index in [1.165, 1.54) is 6.07 Å². The summed E-state index contributed by atoms with van der Waals surface area (Å²) in [6, 6.07) is 6.17. The minimum absolute atomic E-state index is 0.106. The molecule has 0 aliphatic carbocycles. The van der Waals surface area contributed by atoms with Gasteiger partial charge in [0.15, 0.2) is 0 Å². The SMILES string of the molecule is CCN(CC)C(=O)CN1CCN(C(C)C(=O)NCc2ccccc2F)CC1. The molecule has 1 atom stereocenters. The molecule has 27 heavy (non-hydrogen) atoms. The number of hydrogen-bond acceptors (Lipinski definition) is 4. The summed E-state index contributed by atoms with van der Waals surface area (Å²) in [6.45, 7) is 10.9. The van der Waals surface area contributed by atoms with Crippen LogP contribution in [0.5, 0.6) is 0 Å². The zero-order valence-electron chi connectivity index (χ0n) is 16.6. The molecule has 0 saturated carbocycles. The van der Waals surface area contributed by atoms with Gasteiger partial charge in [-0.3, -0.25) is 19.4 Å². The van der Waals surface area contributed by atoms with E-state index in [1.54, 1.807) is 18.2 Å². The maximum atomic E-state index is 13.7. The minimum atomic E-state index is -0.308. The van der Waals surface area contributed by atoms with Crippen molar-refractivity contribution in [1.82, 2.24) is 20.0 Å². The smallest absolute Gasteiger partial charge is 0.237 e. The second kappa shape index (κ2) is 10.4. The fourth-order valence-corrected chi connectivity index (χ4v) is 3.31. The maximum Gasteiger partial charge on any atom is 0.237 e. The van der Waals surface area contributed by atoms with Gasteiger partial charge in [0.05, 0.1) is 12.6 Å². The monoisotopic (exact) mass is 378 g/mol. The van der Waals surface area contributed by atoms with Gasteiger partial charge >= 0.3 is 0 Å². The summed E-state index contributed by atoms with van der Waals surface area (Å²) in [6.07, 6.45) is 0. The Hall–Kier alpha value is -1.99. The van der Waals surface area contributed by atoms with Crippen molar-refractivity contribution in [2.75, 3.05) is 45.8 Å². The normalized spacial score (nSPS) is 16.7. The summed E-state index contributed by atoms with van der Waals surface area (Å²) in [4.78, 5) is 30.7. The predicted octanol–water partition coefficient (Wildman–Crippen LogP) is 1.32. The fourth-order valence-electron chi connectivity index (χ4n) is 3.31. The summed E-state index contributed by atoms with van der Waals surface area (Å²) < 4.78 is 13.7. The van der Waals surface area contributed by atoms with E-state index in [0.29, 0.717) is 12.1 Å². The fraction of sp³-hybridized carbons (Fsp3) is 0.600. The third kappa shape index (κ3) is 6.01. The summed E-state index contributed by atoms with van der Waals surface area (Å²) in [5.74, 6) is -0.257. The molecule has 0 spiro atoms. The molecule has 1 N–H and O–H groups in total. The molecule has 6 nitrogen and oxygen atoms in total. The molecule has 1 fully saturated rings. The molecule has 0 aromatic heterocycles. The van der Waals surface area contributed by atoms with Crippen LogP contribution in [0.2, 0.25) is 0 Å². The molecule has 0 bridgehead atoms. The Morgan fingerprint density at radius 2 is 1.78 bits per heavy atom. The van der Waals surface area contributed by atoms with Gasteiger partial charge in [-0.25, -0.2) is 4.39 Å². The Labute approximate surface area is 161 Å². The van der Waals surface area contributed by atoms with Crippen molar-refractivity contribution in [3.63, 3.8) is 0 Å². The molecule has 2 amide bonds. The number of amides is 2. The van der Waals surface area contributed by atoms with Crippen LogP contribution in [0.25, 0.3) is 0 Å². The van der Waals surface area contributed by atoms with Crippen molar-refractivity contribution in [2.24, 2.45) is 0 Å². The zero-order valence-corrected chi connectivity index (χ0v) is 16.6. The van der Waals surface area contributed by atoms with E-state index in [1.807, 2.05) is 25.7 Å². The van der Waals surface area contributed by atoms with Gasteiger partial charge in [0.2, 0.25) is 11.8 Å². The lowest BCUT2D eigenvalue weighted by molar-refractivity contribution is -0.133. The standard InChI is InChI=1S/C20H31FN4O2/c1-4-24(5-2)19(26)15-23-10-12-25(13-11-23)16(3)20(27)22-14-17-8-6-7-9-18(17)21/h6-9,16H,4-5,10-15H2,1-3H3,(H,22,27). The van der Waals surface area contributed by atoms with Crippen molar-refractivity contribution in [3.05, 3.63) is 35.6 Å². The van der Waals surface area contributed by atoms with Crippen molar-refractivity contribution >= 4 is 11.8 Å². The lowest BCUT2D eigenvalue weighted by atomic mass is 10.2. The van der Waals surface area contributed by atoms with E-state index in [4.69, 9.17) is 0 Å². The number of carbonyl (C=O) groups is 2. The van der Waals surface area contributed by atoms with Gasteiger partial charge in [-0.05, 0) is 26.8 Å². The van der Waals surface area contributed by atoms with Crippen LogP contribution >= 0.6 is 0 Å². The summed E-state index contributed by atoms with van der Waals surface area (Å²) >= 11 is 0. The van der Waals surface area contributed by atoms with E-state index in [2.05, 4.69) is 15.1 Å². The number of nitrogens with one attached hydrogen (secondary N) is 1.